The van der Waals surface area contributed by atoms with Gasteiger partial charge in [0.25, 0.3) is 5.91 Å². The number of nitrogens with zero attached hydrogens (tertiary/aromatic N) is 3. The zero-order valence-corrected chi connectivity index (χ0v) is 22.6. The van der Waals surface area contributed by atoms with Crippen molar-refractivity contribution in [3.8, 4) is 0 Å². The van der Waals surface area contributed by atoms with Gasteiger partial charge in [0, 0.05) is 49.1 Å². The van der Waals surface area contributed by atoms with Crippen molar-refractivity contribution >= 4 is 11.6 Å². The Morgan fingerprint density at radius 1 is 0.973 bits per heavy atom. The molecule has 1 saturated heterocycles. The van der Waals surface area contributed by atoms with Gasteiger partial charge >= 0.3 is 0 Å². The first-order valence-corrected chi connectivity index (χ1v) is 14.7. The molecule has 2 fully saturated rings. The van der Waals surface area contributed by atoms with Crippen molar-refractivity contribution in [3.05, 3.63) is 71.1 Å². The zero-order valence-electron chi connectivity index (χ0n) is 22.6. The number of nitrogens with one attached hydrogen (secondary N) is 1. The highest BCUT2D eigenvalue weighted by Gasteiger charge is 2.36. The fraction of sp³-hybridized carbons (Fsp3) is 0.562. The number of anilines is 1. The van der Waals surface area contributed by atoms with Crippen molar-refractivity contribution in [2.24, 2.45) is 5.92 Å². The molecular formula is C32H44N4O. The Balaban J connectivity index is 1.23. The van der Waals surface area contributed by atoms with Crippen LogP contribution in [0.3, 0.4) is 0 Å². The summed E-state index contributed by atoms with van der Waals surface area (Å²) in [7, 11) is 0. The predicted molar refractivity (Wildman–Crippen MR) is 152 cm³/mol. The van der Waals surface area contributed by atoms with E-state index in [2.05, 4.69) is 45.5 Å². The number of piperidine rings is 1. The summed E-state index contributed by atoms with van der Waals surface area (Å²) in [4.78, 5) is 22.8. The molecule has 3 aliphatic rings. The molecule has 1 aromatic carbocycles. The Hall–Kier alpha value is -2.50. The van der Waals surface area contributed by atoms with Gasteiger partial charge in [0.05, 0.1) is 12.2 Å². The van der Waals surface area contributed by atoms with E-state index in [1.54, 1.807) is 0 Å². The van der Waals surface area contributed by atoms with Crippen LogP contribution in [0.2, 0.25) is 0 Å². The lowest BCUT2D eigenvalue weighted by Gasteiger charge is -2.37. The van der Waals surface area contributed by atoms with Crippen molar-refractivity contribution in [1.82, 2.24) is 15.2 Å². The van der Waals surface area contributed by atoms with E-state index in [0.717, 1.165) is 42.9 Å². The van der Waals surface area contributed by atoms with Gasteiger partial charge in [-0.15, -0.1) is 0 Å². The Bertz CT molecular complexity index is 1050. The maximum Gasteiger partial charge on any atom is 0.254 e. The minimum absolute atomic E-state index is 0.158. The van der Waals surface area contributed by atoms with E-state index in [-0.39, 0.29) is 11.8 Å². The minimum atomic E-state index is 0.158. The van der Waals surface area contributed by atoms with Gasteiger partial charge in [0.1, 0.15) is 0 Å². The monoisotopic (exact) mass is 500 g/mol. The van der Waals surface area contributed by atoms with Gasteiger partial charge in [-0.05, 0) is 62.4 Å². The standard InChI is InChI=1S/C32H44N4O/c1-2-28-29(21-25-9-5-3-6-10-25)30-23-33-16-15-31(30)36(32(28)37)24-27-13-11-26(12-14-27)22-34-17-20-35-18-7-4-8-19-35/h2,11-16,23,25,29,34H,3-10,17-22,24H2,1H3. The van der Waals surface area contributed by atoms with Gasteiger partial charge in [0.15, 0.2) is 0 Å². The third-order valence-corrected chi connectivity index (χ3v) is 8.71. The van der Waals surface area contributed by atoms with Crippen LogP contribution >= 0.6 is 0 Å². The lowest BCUT2D eigenvalue weighted by molar-refractivity contribution is -0.115. The highest BCUT2D eigenvalue weighted by atomic mass is 16.2. The molecule has 1 aromatic heterocycles. The van der Waals surface area contributed by atoms with Gasteiger partial charge in [-0.1, -0.05) is 68.9 Å². The van der Waals surface area contributed by atoms with E-state index < -0.39 is 0 Å². The molecule has 3 heterocycles. The molecule has 1 saturated carbocycles. The summed E-state index contributed by atoms with van der Waals surface area (Å²) in [5, 5.41) is 3.60. The summed E-state index contributed by atoms with van der Waals surface area (Å²) in [5.74, 6) is 1.03. The average molecular weight is 501 g/mol. The Kier molecular flexibility index (Phi) is 9.06. The van der Waals surface area contributed by atoms with Crippen molar-refractivity contribution in [1.29, 1.82) is 0 Å². The quantitative estimate of drug-likeness (QED) is 0.329. The third-order valence-electron chi connectivity index (χ3n) is 8.71. The number of carbonyl (C=O) groups excluding carboxylic acids is 1. The van der Waals surface area contributed by atoms with Crippen LogP contribution in [0.15, 0.2) is 54.4 Å². The number of amides is 1. The van der Waals surface area contributed by atoms with Crippen LogP contribution < -0.4 is 10.2 Å². The Morgan fingerprint density at radius 3 is 2.46 bits per heavy atom. The molecule has 198 valence electrons. The van der Waals surface area contributed by atoms with E-state index >= 15 is 0 Å². The molecule has 0 bridgehead atoms. The molecule has 1 atom stereocenters. The summed E-state index contributed by atoms with van der Waals surface area (Å²) >= 11 is 0. The third kappa shape index (κ3) is 6.50. The predicted octanol–water partition coefficient (Wildman–Crippen LogP) is 6.20. The minimum Gasteiger partial charge on any atom is -0.311 e. The number of carbonyl (C=O) groups is 1. The first kappa shape index (κ1) is 26.1. The topological polar surface area (TPSA) is 48.5 Å². The smallest absolute Gasteiger partial charge is 0.254 e. The van der Waals surface area contributed by atoms with Crippen molar-refractivity contribution in [2.75, 3.05) is 31.1 Å². The van der Waals surface area contributed by atoms with E-state index in [1.807, 2.05) is 30.3 Å². The van der Waals surface area contributed by atoms with Gasteiger partial charge in [-0.25, -0.2) is 0 Å². The number of hydrogen-bond acceptors (Lipinski definition) is 4. The molecule has 1 unspecified atom stereocenters. The zero-order chi connectivity index (χ0) is 25.5. The number of likely N-dealkylation sites (tertiary alicyclic amines) is 1. The molecule has 5 rings (SSSR count). The Labute approximate surface area is 223 Å². The first-order chi connectivity index (χ1) is 18.2. The van der Waals surface area contributed by atoms with E-state index in [9.17, 15) is 4.79 Å². The number of hydrogen-bond donors (Lipinski definition) is 1. The molecule has 2 aliphatic heterocycles. The number of aromatic nitrogens is 1. The maximum absolute atomic E-state index is 13.8. The molecule has 5 heteroatoms. The summed E-state index contributed by atoms with van der Waals surface area (Å²) in [5.41, 5.74) is 5.65. The van der Waals surface area contributed by atoms with E-state index in [0.29, 0.717) is 12.5 Å². The van der Waals surface area contributed by atoms with Gasteiger partial charge in [-0.3, -0.25) is 9.78 Å². The lowest BCUT2D eigenvalue weighted by Crippen LogP contribution is -2.38. The maximum atomic E-state index is 13.8. The van der Waals surface area contributed by atoms with Crippen LogP contribution in [0.25, 0.3) is 0 Å². The number of rotatable bonds is 9. The number of fused-ring (bicyclic) bond motifs is 1. The van der Waals surface area contributed by atoms with Crippen LogP contribution in [0.4, 0.5) is 5.69 Å². The highest BCUT2D eigenvalue weighted by Crippen LogP contribution is 2.44. The van der Waals surface area contributed by atoms with Crippen LogP contribution in [-0.2, 0) is 17.9 Å². The summed E-state index contributed by atoms with van der Waals surface area (Å²) in [6, 6.07) is 10.8. The molecule has 1 N–H and O–H groups in total. The van der Waals surface area contributed by atoms with Crippen molar-refractivity contribution < 1.29 is 4.79 Å². The molecule has 0 spiro atoms. The average Bonchev–Trinajstić information content (AvgIpc) is 2.95. The van der Waals surface area contributed by atoms with Gasteiger partial charge < -0.3 is 15.1 Å². The number of pyridine rings is 1. The lowest BCUT2D eigenvalue weighted by atomic mass is 9.75. The fourth-order valence-electron chi connectivity index (χ4n) is 6.59. The summed E-state index contributed by atoms with van der Waals surface area (Å²) in [6.07, 6.45) is 17.6. The molecule has 37 heavy (non-hydrogen) atoms. The molecular weight excluding hydrogens is 456 g/mol. The Morgan fingerprint density at radius 2 is 1.70 bits per heavy atom. The second kappa shape index (κ2) is 12.8. The van der Waals surface area contributed by atoms with Crippen LogP contribution in [-0.4, -0.2) is 42.0 Å². The number of benzene rings is 1. The number of allylic oxidation sites excluding steroid dienone is 1. The molecule has 0 radical (unpaired) electrons. The highest BCUT2D eigenvalue weighted by molar-refractivity contribution is 6.09. The first-order valence-electron chi connectivity index (χ1n) is 14.7. The normalized spacial score (nSPS) is 22.4. The van der Waals surface area contributed by atoms with Crippen LogP contribution in [0.5, 0.6) is 0 Å². The largest absolute Gasteiger partial charge is 0.311 e. The van der Waals surface area contributed by atoms with Gasteiger partial charge in [0.2, 0.25) is 0 Å². The summed E-state index contributed by atoms with van der Waals surface area (Å²) in [6.45, 7) is 8.17. The van der Waals surface area contributed by atoms with Crippen LogP contribution in [0.1, 0.15) is 87.3 Å². The molecule has 1 aliphatic carbocycles. The van der Waals surface area contributed by atoms with Crippen molar-refractivity contribution in [3.63, 3.8) is 0 Å². The second-order valence-electron chi connectivity index (χ2n) is 11.3. The van der Waals surface area contributed by atoms with Gasteiger partial charge in [-0.2, -0.15) is 0 Å². The summed E-state index contributed by atoms with van der Waals surface area (Å²) < 4.78 is 0. The SMILES string of the molecule is CC=C1C(=O)N(Cc2ccc(CNCCN3CCCCC3)cc2)c2ccncc2C1CC1CCCCC1. The fourth-order valence-corrected chi connectivity index (χ4v) is 6.59. The van der Waals surface area contributed by atoms with E-state index in [1.165, 1.54) is 75.6 Å². The van der Waals surface area contributed by atoms with E-state index in [4.69, 9.17) is 0 Å². The molecule has 2 aromatic rings. The van der Waals surface area contributed by atoms with Crippen LogP contribution in [0, 0.1) is 5.92 Å². The molecule has 1 amide bonds. The van der Waals surface area contributed by atoms with Crippen molar-refractivity contribution in [2.45, 2.75) is 83.7 Å². The molecule has 5 nitrogen and oxygen atoms in total. The second-order valence-corrected chi connectivity index (χ2v) is 11.3.